The van der Waals surface area contributed by atoms with Crippen molar-refractivity contribution in [3.8, 4) is 0 Å². The summed E-state index contributed by atoms with van der Waals surface area (Å²) in [6.45, 7) is 8.19. The van der Waals surface area contributed by atoms with Crippen molar-refractivity contribution in [2.45, 2.75) is 33.2 Å². The van der Waals surface area contributed by atoms with Crippen molar-refractivity contribution >= 4 is 5.95 Å². The Hall–Kier alpha value is -1.03. The van der Waals surface area contributed by atoms with Crippen LogP contribution in [0.25, 0.3) is 0 Å². The molecule has 4 heteroatoms. The van der Waals surface area contributed by atoms with Gasteiger partial charge in [-0.1, -0.05) is 20.8 Å². The van der Waals surface area contributed by atoms with E-state index in [1.165, 1.54) is 0 Å². The maximum absolute atomic E-state index is 5.01. The third kappa shape index (κ3) is 3.23. The first-order chi connectivity index (χ1) is 7.70. The average molecular weight is 225 g/mol. The molecule has 0 aliphatic rings. The Labute approximate surface area is 98.0 Å². The summed E-state index contributed by atoms with van der Waals surface area (Å²) in [6, 6.07) is 0.507. The summed E-state index contributed by atoms with van der Waals surface area (Å²) in [6.07, 6.45) is 5.01. The van der Waals surface area contributed by atoms with Crippen LogP contribution in [0, 0.1) is 5.92 Å². The van der Waals surface area contributed by atoms with E-state index in [1.54, 1.807) is 7.11 Å². The fourth-order valence-corrected chi connectivity index (χ4v) is 1.97. The minimum absolute atomic E-state index is 0.507. The van der Waals surface area contributed by atoms with Crippen LogP contribution >= 0.6 is 0 Å². The van der Waals surface area contributed by atoms with Gasteiger partial charge >= 0.3 is 0 Å². The second kappa shape index (κ2) is 6.53. The maximum atomic E-state index is 5.01. The highest BCUT2D eigenvalue weighted by Gasteiger charge is 2.15. The fourth-order valence-electron chi connectivity index (χ4n) is 1.97. The number of aromatic nitrogens is 2. The summed E-state index contributed by atoms with van der Waals surface area (Å²) in [7, 11) is 1.71. The van der Waals surface area contributed by atoms with E-state index in [0.717, 1.165) is 18.9 Å². The molecular formula is C12H23N3O. The topological polar surface area (TPSA) is 39.1 Å². The van der Waals surface area contributed by atoms with Crippen molar-refractivity contribution in [3.05, 3.63) is 12.4 Å². The number of rotatable bonds is 7. The minimum Gasteiger partial charge on any atom is -0.383 e. The quantitative estimate of drug-likeness (QED) is 0.725. The monoisotopic (exact) mass is 225 g/mol. The molecule has 1 N–H and O–H groups in total. The van der Waals surface area contributed by atoms with Gasteiger partial charge in [0.25, 0.3) is 0 Å². The lowest BCUT2D eigenvalue weighted by Gasteiger charge is -2.23. The molecule has 1 unspecified atom stereocenters. The van der Waals surface area contributed by atoms with E-state index in [0.29, 0.717) is 18.6 Å². The van der Waals surface area contributed by atoms with Gasteiger partial charge in [0.05, 0.1) is 6.61 Å². The van der Waals surface area contributed by atoms with Crippen molar-refractivity contribution in [1.29, 1.82) is 0 Å². The van der Waals surface area contributed by atoms with Gasteiger partial charge in [0.2, 0.25) is 5.95 Å². The first kappa shape index (κ1) is 13.0. The Morgan fingerprint density at radius 2 is 2.25 bits per heavy atom. The molecule has 0 amide bonds. The number of hydrogen-bond donors (Lipinski definition) is 1. The van der Waals surface area contributed by atoms with Gasteiger partial charge < -0.3 is 14.6 Å². The van der Waals surface area contributed by atoms with Crippen LogP contribution in [-0.4, -0.2) is 29.8 Å². The van der Waals surface area contributed by atoms with E-state index >= 15 is 0 Å². The second-order valence-corrected chi connectivity index (χ2v) is 4.30. The highest BCUT2D eigenvalue weighted by molar-refractivity contribution is 5.26. The highest BCUT2D eigenvalue weighted by atomic mass is 16.5. The Morgan fingerprint density at radius 3 is 2.81 bits per heavy atom. The van der Waals surface area contributed by atoms with E-state index in [2.05, 4.69) is 35.6 Å². The molecule has 0 aromatic carbocycles. The molecule has 0 fully saturated rings. The molecule has 0 aliphatic heterocycles. The van der Waals surface area contributed by atoms with Crippen LogP contribution in [0.1, 0.15) is 33.2 Å². The van der Waals surface area contributed by atoms with E-state index in [9.17, 15) is 0 Å². The lowest BCUT2D eigenvalue weighted by molar-refractivity contribution is 0.210. The molecule has 0 radical (unpaired) electrons. The third-order valence-electron chi connectivity index (χ3n) is 2.80. The van der Waals surface area contributed by atoms with Crippen LogP contribution < -0.4 is 5.32 Å². The molecule has 1 aromatic rings. The fraction of sp³-hybridized carbons (Fsp3) is 0.750. The number of imidazole rings is 1. The molecule has 1 heterocycles. The van der Waals surface area contributed by atoms with Gasteiger partial charge in [-0.3, -0.25) is 0 Å². The lowest BCUT2D eigenvalue weighted by Crippen LogP contribution is -2.18. The first-order valence-corrected chi connectivity index (χ1v) is 5.96. The van der Waals surface area contributed by atoms with E-state index < -0.39 is 0 Å². The summed E-state index contributed by atoms with van der Waals surface area (Å²) >= 11 is 0. The number of nitrogens with one attached hydrogen (secondary N) is 1. The van der Waals surface area contributed by atoms with Crippen LogP contribution in [-0.2, 0) is 4.74 Å². The summed E-state index contributed by atoms with van der Waals surface area (Å²) in [4.78, 5) is 4.34. The highest BCUT2D eigenvalue weighted by Crippen LogP contribution is 2.24. The zero-order chi connectivity index (χ0) is 12.0. The van der Waals surface area contributed by atoms with Crippen molar-refractivity contribution in [3.63, 3.8) is 0 Å². The number of anilines is 1. The Kier molecular flexibility index (Phi) is 5.32. The van der Waals surface area contributed by atoms with Gasteiger partial charge in [-0.05, 0) is 12.3 Å². The largest absolute Gasteiger partial charge is 0.383 e. The van der Waals surface area contributed by atoms with Gasteiger partial charge in [0.1, 0.15) is 0 Å². The number of methoxy groups -OCH3 is 1. The molecule has 1 aromatic heterocycles. The van der Waals surface area contributed by atoms with Crippen LogP contribution in [0.2, 0.25) is 0 Å². The molecule has 92 valence electrons. The molecule has 0 saturated heterocycles. The summed E-state index contributed by atoms with van der Waals surface area (Å²) < 4.78 is 7.24. The molecule has 1 atom stereocenters. The Morgan fingerprint density at radius 1 is 1.50 bits per heavy atom. The number of ether oxygens (including phenoxy) is 1. The normalized spacial score (nSPS) is 13.1. The average Bonchev–Trinajstić information content (AvgIpc) is 2.68. The SMILES string of the molecule is CCC(C(C)C)n1ccnc1NCCOC. The van der Waals surface area contributed by atoms with E-state index in [-0.39, 0.29) is 0 Å². The summed E-state index contributed by atoms with van der Waals surface area (Å²) in [5.74, 6) is 1.56. The number of nitrogens with zero attached hydrogens (tertiary/aromatic N) is 2. The maximum Gasteiger partial charge on any atom is 0.203 e. The molecule has 1 rings (SSSR count). The van der Waals surface area contributed by atoms with Crippen molar-refractivity contribution < 1.29 is 4.74 Å². The molecule has 0 spiro atoms. The molecule has 0 aliphatic carbocycles. The van der Waals surface area contributed by atoms with Gasteiger partial charge in [-0.2, -0.15) is 0 Å². The zero-order valence-electron chi connectivity index (χ0n) is 10.7. The van der Waals surface area contributed by atoms with E-state index in [4.69, 9.17) is 4.74 Å². The zero-order valence-corrected chi connectivity index (χ0v) is 10.7. The van der Waals surface area contributed by atoms with Gasteiger partial charge in [-0.25, -0.2) is 4.98 Å². The van der Waals surface area contributed by atoms with E-state index in [1.807, 2.05) is 12.4 Å². The van der Waals surface area contributed by atoms with Crippen LogP contribution in [0.3, 0.4) is 0 Å². The molecule has 0 saturated carbocycles. The molecule has 16 heavy (non-hydrogen) atoms. The summed E-state index contributed by atoms with van der Waals surface area (Å²) in [5.41, 5.74) is 0. The van der Waals surface area contributed by atoms with Gasteiger partial charge in [-0.15, -0.1) is 0 Å². The van der Waals surface area contributed by atoms with Gasteiger partial charge in [0, 0.05) is 32.1 Å². The van der Waals surface area contributed by atoms with Crippen LogP contribution in [0.15, 0.2) is 12.4 Å². The van der Waals surface area contributed by atoms with Crippen molar-refractivity contribution in [1.82, 2.24) is 9.55 Å². The minimum atomic E-state index is 0.507. The van der Waals surface area contributed by atoms with Crippen molar-refractivity contribution in [2.24, 2.45) is 5.92 Å². The standard InChI is InChI=1S/C12H23N3O/c1-5-11(10(2)3)15-8-6-13-12(15)14-7-9-16-4/h6,8,10-11H,5,7,9H2,1-4H3,(H,13,14). The van der Waals surface area contributed by atoms with Crippen molar-refractivity contribution in [2.75, 3.05) is 25.6 Å². The van der Waals surface area contributed by atoms with Gasteiger partial charge in [0.15, 0.2) is 0 Å². The van der Waals surface area contributed by atoms with Crippen LogP contribution in [0.5, 0.6) is 0 Å². The number of hydrogen-bond acceptors (Lipinski definition) is 3. The molecule has 4 nitrogen and oxygen atoms in total. The second-order valence-electron chi connectivity index (χ2n) is 4.30. The predicted molar refractivity (Wildman–Crippen MR) is 66.8 cm³/mol. The smallest absolute Gasteiger partial charge is 0.203 e. The predicted octanol–water partition coefficient (Wildman–Crippen LogP) is 2.55. The Bertz CT molecular complexity index is 296. The summed E-state index contributed by atoms with van der Waals surface area (Å²) in [5, 5.41) is 3.29. The molecular weight excluding hydrogens is 202 g/mol. The molecule has 0 bridgehead atoms. The first-order valence-electron chi connectivity index (χ1n) is 5.96. The van der Waals surface area contributed by atoms with Crippen LogP contribution in [0.4, 0.5) is 5.95 Å². The lowest BCUT2D eigenvalue weighted by atomic mass is 10.0. The Balaban J connectivity index is 2.68. The third-order valence-corrected chi connectivity index (χ3v) is 2.80.